The monoisotopic (exact) mass is 370 g/mol. The molecule has 2 aromatic rings. The lowest BCUT2D eigenvalue weighted by molar-refractivity contribution is -0.115. The molecule has 0 spiro atoms. The Hall–Kier alpha value is -1.31. The maximum atomic E-state index is 12.2. The first kappa shape index (κ1) is 18.0. The van der Waals surface area contributed by atoms with Crippen molar-refractivity contribution in [2.45, 2.75) is 30.4 Å². The predicted octanol–water partition coefficient (Wildman–Crippen LogP) is 4.38. The second-order valence-electron chi connectivity index (χ2n) is 5.40. The molecule has 1 aromatic carbocycles. The molecule has 1 amide bonds. The Balaban J connectivity index is 1.86. The summed E-state index contributed by atoms with van der Waals surface area (Å²) in [6, 6.07) is 7.03. The summed E-state index contributed by atoms with van der Waals surface area (Å²) in [4.78, 5) is 12.2. The number of thioether (sulfide) groups is 1. The summed E-state index contributed by atoms with van der Waals surface area (Å²) in [6.45, 7) is 6.96. The Morgan fingerprint density at radius 1 is 1.26 bits per heavy atom. The van der Waals surface area contributed by atoms with E-state index in [1.807, 2.05) is 6.92 Å². The van der Waals surface area contributed by atoms with Crippen molar-refractivity contribution >= 4 is 51.4 Å². The van der Waals surface area contributed by atoms with Gasteiger partial charge in [0.2, 0.25) is 11.0 Å². The highest BCUT2D eigenvalue weighted by molar-refractivity contribution is 8.02. The van der Waals surface area contributed by atoms with Gasteiger partial charge in [-0.15, -0.1) is 10.2 Å². The molecule has 1 aromatic heterocycles. The van der Waals surface area contributed by atoms with Crippen molar-refractivity contribution < 1.29 is 4.79 Å². The molecule has 0 bridgehead atoms. The highest BCUT2D eigenvalue weighted by Crippen LogP contribution is 2.29. The number of amides is 1. The molecule has 0 aliphatic carbocycles. The molecular formula is C15H19ClN4OS2. The second kappa shape index (κ2) is 8.52. The van der Waals surface area contributed by atoms with Gasteiger partial charge in [-0.25, -0.2) is 0 Å². The van der Waals surface area contributed by atoms with Crippen molar-refractivity contribution in [2.75, 3.05) is 17.2 Å². The molecule has 1 heterocycles. The maximum Gasteiger partial charge on any atom is 0.237 e. The third-order valence-corrected chi connectivity index (χ3v) is 5.14. The Morgan fingerprint density at radius 2 is 1.96 bits per heavy atom. The zero-order chi connectivity index (χ0) is 16.8. The lowest BCUT2D eigenvalue weighted by atomic mass is 10.2. The van der Waals surface area contributed by atoms with Crippen LogP contribution in [0.25, 0.3) is 0 Å². The van der Waals surface area contributed by atoms with Crippen LogP contribution < -0.4 is 10.6 Å². The van der Waals surface area contributed by atoms with E-state index in [0.29, 0.717) is 10.9 Å². The lowest BCUT2D eigenvalue weighted by Crippen LogP contribution is -2.22. The molecule has 23 heavy (non-hydrogen) atoms. The molecular weight excluding hydrogens is 352 g/mol. The van der Waals surface area contributed by atoms with Gasteiger partial charge in [0.05, 0.1) is 5.25 Å². The first-order chi connectivity index (χ1) is 10.9. The molecule has 0 fully saturated rings. The average molecular weight is 371 g/mol. The van der Waals surface area contributed by atoms with Crippen molar-refractivity contribution in [3.05, 3.63) is 29.3 Å². The Bertz CT molecular complexity index is 645. The van der Waals surface area contributed by atoms with Gasteiger partial charge in [-0.2, -0.15) is 0 Å². The molecule has 2 rings (SSSR count). The summed E-state index contributed by atoms with van der Waals surface area (Å²) >= 11 is 8.69. The fourth-order valence-corrected chi connectivity index (χ4v) is 3.63. The van der Waals surface area contributed by atoms with Crippen LogP contribution in [0, 0.1) is 5.92 Å². The minimum atomic E-state index is -0.267. The van der Waals surface area contributed by atoms with Gasteiger partial charge in [-0.3, -0.25) is 4.79 Å². The maximum absolute atomic E-state index is 12.2. The minimum absolute atomic E-state index is 0.0794. The molecule has 8 heteroatoms. The third-order valence-electron chi connectivity index (χ3n) is 2.83. The number of halogens is 1. The van der Waals surface area contributed by atoms with Gasteiger partial charge < -0.3 is 10.6 Å². The predicted molar refractivity (Wildman–Crippen MR) is 98.6 cm³/mol. The first-order valence-corrected chi connectivity index (χ1v) is 9.32. The largest absolute Gasteiger partial charge is 0.360 e. The molecule has 0 aliphatic rings. The van der Waals surface area contributed by atoms with E-state index >= 15 is 0 Å². The van der Waals surface area contributed by atoms with Crippen LogP contribution >= 0.6 is 34.7 Å². The summed E-state index contributed by atoms with van der Waals surface area (Å²) < 4.78 is 0.773. The van der Waals surface area contributed by atoms with Gasteiger partial charge in [-0.1, -0.05) is 48.5 Å². The fourth-order valence-electron chi connectivity index (χ4n) is 1.60. The van der Waals surface area contributed by atoms with Crippen LogP contribution in [-0.4, -0.2) is 27.9 Å². The zero-order valence-electron chi connectivity index (χ0n) is 13.2. The van der Waals surface area contributed by atoms with E-state index in [1.165, 1.54) is 23.1 Å². The van der Waals surface area contributed by atoms with E-state index < -0.39 is 0 Å². The van der Waals surface area contributed by atoms with Gasteiger partial charge >= 0.3 is 0 Å². The number of carbonyl (C=O) groups is 1. The van der Waals surface area contributed by atoms with Crippen LogP contribution in [0.2, 0.25) is 5.02 Å². The molecule has 0 aliphatic heterocycles. The SMILES string of the molecule is CC(C)CNc1nnc(S[C@H](C)C(=O)Nc2ccc(Cl)cc2)s1. The van der Waals surface area contributed by atoms with Crippen LogP contribution in [0.1, 0.15) is 20.8 Å². The summed E-state index contributed by atoms with van der Waals surface area (Å²) in [5, 5.41) is 15.4. The van der Waals surface area contributed by atoms with E-state index in [0.717, 1.165) is 21.7 Å². The standard InChI is InChI=1S/C15H19ClN4OS2/c1-9(2)8-17-14-19-20-15(23-14)22-10(3)13(21)18-12-6-4-11(16)5-7-12/h4-7,9-10H,8H2,1-3H3,(H,17,19)(H,18,21)/t10-/m1/s1. The number of rotatable bonds is 7. The van der Waals surface area contributed by atoms with Gasteiger partial charge in [0.1, 0.15) is 0 Å². The third kappa shape index (κ3) is 6.01. The number of hydrogen-bond donors (Lipinski definition) is 2. The number of nitrogens with one attached hydrogen (secondary N) is 2. The van der Waals surface area contributed by atoms with Gasteiger partial charge in [0.15, 0.2) is 4.34 Å². The summed E-state index contributed by atoms with van der Waals surface area (Å²) in [6.07, 6.45) is 0. The Kier molecular flexibility index (Phi) is 6.68. The molecule has 5 nitrogen and oxygen atoms in total. The van der Waals surface area contributed by atoms with Crippen LogP contribution in [0.15, 0.2) is 28.6 Å². The molecule has 0 saturated carbocycles. The van der Waals surface area contributed by atoms with E-state index in [4.69, 9.17) is 11.6 Å². The molecule has 2 N–H and O–H groups in total. The summed E-state index contributed by atoms with van der Waals surface area (Å²) in [5.41, 5.74) is 0.725. The number of anilines is 2. The van der Waals surface area contributed by atoms with Crippen molar-refractivity contribution in [2.24, 2.45) is 5.92 Å². The smallest absolute Gasteiger partial charge is 0.237 e. The number of carbonyl (C=O) groups excluding carboxylic acids is 1. The summed E-state index contributed by atoms with van der Waals surface area (Å²) in [5.74, 6) is 0.461. The number of nitrogens with zero attached hydrogens (tertiary/aromatic N) is 2. The highest BCUT2D eigenvalue weighted by Gasteiger charge is 2.17. The molecule has 0 saturated heterocycles. The molecule has 124 valence electrons. The van der Waals surface area contributed by atoms with Crippen LogP contribution in [0.4, 0.5) is 10.8 Å². The normalized spacial score (nSPS) is 12.2. The van der Waals surface area contributed by atoms with Crippen LogP contribution in [-0.2, 0) is 4.79 Å². The van der Waals surface area contributed by atoms with E-state index in [1.54, 1.807) is 24.3 Å². The fraction of sp³-hybridized carbons (Fsp3) is 0.400. The topological polar surface area (TPSA) is 66.9 Å². The van der Waals surface area contributed by atoms with Crippen molar-refractivity contribution in [3.63, 3.8) is 0 Å². The van der Waals surface area contributed by atoms with E-state index in [2.05, 4.69) is 34.7 Å². The van der Waals surface area contributed by atoms with Crippen molar-refractivity contribution in [3.8, 4) is 0 Å². The van der Waals surface area contributed by atoms with Crippen LogP contribution in [0.3, 0.4) is 0 Å². The average Bonchev–Trinajstić information content (AvgIpc) is 2.95. The lowest BCUT2D eigenvalue weighted by Gasteiger charge is -2.10. The first-order valence-electron chi connectivity index (χ1n) is 7.24. The van der Waals surface area contributed by atoms with Gasteiger partial charge in [-0.05, 0) is 37.1 Å². The van der Waals surface area contributed by atoms with Gasteiger partial charge in [0, 0.05) is 17.3 Å². The van der Waals surface area contributed by atoms with Crippen molar-refractivity contribution in [1.29, 1.82) is 0 Å². The van der Waals surface area contributed by atoms with Crippen LogP contribution in [0.5, 0.6) is 0 Å². The van der Waals surface area contributed by atoms with E-state index in [9.17, 15) is 4.79 Å². The summed E-state index contributed by atoms with van der Waals surface area (Å²) in [7, 11) is 0. The highest BCUT2D eigenvalue weighted by atomic mass is 35.5. The number of benzene rings is 1. The molecule has 1 atom stereocenters. The molecule has 0 unspecified atom stereocenters. The van der Waals surface area contributed by atoms with E-state index in [-0.39, 0.29) is 11.2 Å². The molecule has 0 radical (unpaired) electrons. The van der Waals surface area contributed by atoms with Crippen molar-refractivity contribution in [1.82, 2.24) is 10.2 Å². The second-order valence-corrected chi connectivity index (χ2v) is 8.41. The Morgan fingerprint density at radius 3 is 2.61 bits per heavy atom. The van der Waals surface area contributed by atoms with Gasteiger partial charge in [0.25, 0.3) is 0 Å². The zero-order valence-corrected chi connectivity index (χ0v) is 15.6. The minimum Gasteiger partial charge on any atom is -0.360 e. The number of hydrogen-bond acceptors (Lipinski definition) is 6. The Labute approximate surface area is 149 Å². The number of aromatic nitrogens is 2. The quantitative estimate of drug-likeness (QED) is 0.708.